The van der Waals surface area contributed by atoms with Gasteiger partial charge >= 0.3 is 6.09 Å². The molecule has 7 rings (SSSR count). The Labute approximate surface area is 251 Å². The van der Waals surface area contributed by atoms with E-state index < -0.39 is 5.60 Å². The molecule has 0 unspecified atom stereocenters. The van der Waals surface area contributed by atoms with Crippen LogP contribution in [0.15, 0.2) is 60.9 Å². The van der Waals surface area contributed by atoms with Gasteiger partial charge in [0.2, 0.25) is 0 Å². The van der Waals surface area contributed by atoms with Crippen LogP contribution in [-0.2, 0) is 4.74 Å². The predicted molar refractivity (Wildman–Crippen MR) is 165 cm³/mol. The maximum absolute atomic E-state index is 12.4. The number of para-hydroxylation sites is 1. The van der Waals surface area contributed by atoms with Crippen LogP contribution in [0.2, 0.25) is 0 Å². The third kappa shape index (κ3) is 5.40. The highest BCUT2D eigenvalue weighted by molar-refractivity contribution is 5.98. The van der Waals surface area contributed by atoms with Crippen molar-refractivity contribution in [3.05, 3.63) is 60.9 Å². The van der Waals surface area contributed by atoms with Crippen LogP contribution < -0.4 is 10.5 Å². The van der Waals surface area contributed by atoms with E-state index in [0.717, 1.165) is 72.8 Å². The van der Waals surface area contributed by atoms with Crippen LogP contribution in [-0.4, -0.2) is 73.5 Å². The molecule has 1 aliphatic heterocycles. The molecule has 2 aromatic carbocycles. The molecule has 3 fully saturated rings. The number of rotatable bonds is 5. The minimum Gasteiger partial charge on any atom is -0.457 e. The molecule has 3 heterocycles. The molecular weight excluding hydrogens is 542 g/mol. The lowest BCUT2D eigenvalue weighted by Crippen LogP contribution is -2.60. The number of benzene rings is 2. The third-order valence-electron chi connectivity index (χ3n) is 9.13. The second kappa shape index (κ2) is 10.5. The topological polar surface area (TPSA) is 112 Å². The van der Waals surface area contributed by atoms with E-state index in [4.69, 9.17) is 20.3 Å². The number of carbonyl (C=O) groups excluding carboxylic acids is 1. The summed E-state index contributed by atoms with van der Waals surface area (Å²) in [5, 5.41) is 5.87. The first-order chi connectivity index (χ1) is 20.7. The SMILES string of the molecule is CC(C)(C)OC(=O)N1CCN(C2CC3(C2)CC(n2nc(-c4ccc(Oc5ccccc5)cc4)c4c(N)ncnc42)C3)CC1. The Balaban J connectivity index is 0.998. The second-order valence-electron chi connectivity index (χ2n) is 13.3. The van der Waals surface area contributed by atoms with Crippen molar-refractivity contribution in [2.75, 3.05) is 31.9 Å². The van der Waals surface area contributed by atoms with Crippen molar-refractivity contribution in [3.63, 3.8) is 0 Å². The van der Waals surface area contributed by atoms with E-state index in [1.54, 1.807) is 0 Å². The first-order valence-corrected chi connectivity index (χ1v) is 15.2. The minimum atomic E-state index is -0.462. The molecule has 2 aliphatic carbocycles. The quantitative estimate of drug-likeness (QED) is 0.310. The van der Waals surface area contributed by atoms with Gasteiger partial charge in [-0.25, -0.2) is 19.4 Å². The number of nitrogen functional groups attached to an aromatic ring is 1. The van der Waals surface area contributed by atoms with Gasteiger partial charge in [0.25, 0.3) is 0 Å². The van der Waals surface area contributed by atoms with Crippen LogP contribution in [0, 0.1) is 5.41 Å². The molecule has 2 aromatic heterocycles. The molecule has 224 valence electrons. The number of nitrogens with zero attached hydrogens (tertiary/aromatic N) is 6. The Morgan fingerprint density at radius 1 is 0.884 bits per heavy atom. The fraction of sp³-hybridized carbons (Fsp3) is 0.455. The van der Waals surface area contributed by atoms with Crippen LogP contribution >= 0.6 is 0 Å². The number of hydrogen-bond donors (Lipinski definition) is 1. The smallest absolute Gasteiger partial charge is 0.410 e. The van der Waals surface area contributed by atoms with E-state index in [9.17, 15) is 4.79 Å². The lowest BCUT2D eigenvalue weighted by Gasteiger charge is -2.60. The highest BCUT2D eigenvalue weighted by atomic mass is 16.6. The van der Waals surface area contributed by atoms with Gasteiger partial charge < -0.3 is 20.1 Å². The van der Waals surface area contributed by atoms with Crippen molar-refractivity contribution in [3.8, 4) is 22.8 Å². The van der Waals surface area contributed by atoms with Gasteiger partial charge in [-0.15, -0.1) is 0 Å². The average molecular weight is 582 g/mol. The molecule has 1 amide bonds. The van der Waals surface area contributed by atoms with Gasteiger partial charge in [-0.3, -0.25) is 4.90 Å². The zero-order valence-corrected chi connectivity index (χ0v) is 25.1. The Bertz CT molecular complexity index is 1610. The average Bonchev–Trinajstić information content (AvgIpc) is 3.33. The van der Waals surface area contributed by atoms with E-state index in [2.05, 4.69) is 19.5 Å². The Morgan fingerprint density at radius 2 is 1.53 bits per heavy atom. The number of fused-ring (bicyclic) bond motifs is 1. The Hall–Kier alpha value is -4.18. The van der Waals surface area contributed by atoms with Crippen molar-refractivity contribution in [2.24, 2.45) is 5.41 Å². The largest absolute Gasteiger partial charge is 0.457 e. The predicted octanol–water partition coefficient (Wildman–Crippen LogP) is 5.90. The van der Waals surface area contributed by atoms with Gasteiger partial charge in [0, 0.05) is 37.8 Å². The van der Waals surface area contributed by atoms with Gasteiger partial charge in [0.05, 0.1) is 11.4 Å². The molecule has 3 aliphatic rings. The molecule has 10 heteroatoms. The summed E-state index contributed by atoms with van der Waals surface area (Å²) in [5.74, 6) is 2.00. The number of ether oxygens (including phenoxy) is 2. The standard InChI is InChI=1S/C33H39N7O3/c1-32(2,3)43-31(41)39-15-13-38(14-16-39)23-17-33(18-23)19-24(20-33)40-30-27(29(34)35-21-36-30)28(37-40)22-9-11-26(12-10-22)42-25-7-5-4-6-8-25/h4-12,21,23-24H,13-20H2,1-3H3,(H2,34,35,36). The van der Waals surface area contributed by atoms with Crippen molar-refractivity contribution in [1.82, 2.24) is 29.5 Å². The molecule has 2 N–H and O–H groups in total. The number of piperazine rings is 1. The maximum Gasteiger partial charge on any atom is 0.410 e. The lowest BCUT2D eigenvalue weighted by molar-refractivity contribution is -0.0931. The van der Waals surface area contributed by atoms with Crippen LogP contribution in [0.1, 0.15) is 52.5 Å². The molecule has 0 radical (unpaired) electrons. The number of carbonyl (C=O) groups is 1. The van der Waals surface area contributed by atoms with Crippen LogP contribution in [0.5, 0.6) is 11.5 Å². The van der Waals surface area contributed by atoms with Gasteiger partial charge in [-0.1, -0.05) is 18.2 Å². The van der Waals surface area contributed by atoms with Crippen molar-refractivity contribution in [1.29, 1.82) is 0 Å². The van der Waals surface area contributed by atoms with E-state index in [-0.39, 0.29) is 12.1 Å². The van der Waals surface area contributed by atoms with Crippen molar-refractivity contribution >= 4 is 22.9 Å². The van der Waals surface area contributed by atoms with E-state index >= 15 is 0 Å². The molecule has 10 nitrogen and oxygen atoms in total. The Morgan fingerprint density at radius 3 is 2.21 bits per heavy atom. The summed E-state index contributed by atoms with van der Waals surface area (Å²) in [6.45, 7) is 9.00. The van der Waals surface area contributed by atoms with Crippen LogP contribution in [0.4, 0.5) is 10.6 Å². The zero-order chi connectivity index (χ0) is 29.8. The molecule has 2 saturated carbocycles. The monoisotopic (exact) mass is 581 g/mol. The number of aromatic nitrogens is 4. The first kappa shape index (κ1) is 27.6. The minimum absolute atomic E-state index is 0.203. The molecule has 1 spiro atoms. The summed E-state index contributed by atoms with van der Waals surface area (Å²) < 4.78 is 13.6. The van der Waals surface area contributed by atoms with Gasteiger partial charge in [0.1, 0.15) is 34.9 Å². The lowest BCUT2D eigenvalue weighted by atomic mass is 9.51. The normalized spacial score (nSPS) is 24.0. The zero-order valence-electron chi connectivity index (χ0n) is 25.1. The highest BCUT2D eigenvalue weighted by Gasteiger charge is 2.55. The number of amides is 1. The highest BCUT2D eigenvalue weighted by Crippen LogP contribution is 2.62. The number of hydrogen-bond acceptors (Lipinski definition) is 8. The molecule has 43 heavy (non-hydrogen) atoms. The van der Waals surface area contributed by atoms with Crippen molar-refractivity contribution < 1.29 is 14.3 Å². The summed E-state index contributed by atoms with van der Waals surface area (Å²) in [5.41, 5.74) is 8.83. The Kier molecular flexibility index (Phi) is 6.76. The second-order valence-corrected chi connectivity index (χ2v) is 13.3. The van der Waals surface area contributed by atoms with Crippen molar-refractivity contribution in [2.45, 2.75) is 64.1 Å². The van der Waals surface area contributed by atoms with Gasteiger partial charge in [-0.2, -0.15) is 5.10 Å². The van der Waals surface area contributed by atoms with E-state index in [1.807, 2.05) is 80.3 Å². The molecule has 0 atom stereocenters. The molecular formula is C33H39N7O3. The molecule has 1 saturated heterocycles. The number of nitrogens with two attached hydrogens (primary N) is 1. The van der Waals surface area contributed by atoms with Crippen LogP contribution in [0.25, 0.3) is 22.3 Å². The third-order valence-corrected chi connectivity index (χ3v) is 9.13. The van der Waals surface area contributed by atoms with Gasteiger partial charge in [0.15, 0.2) is 5.65 Å². The first-order valence-electron chi connectivity index (χ1n) is 15.2. The summed E-state index contributed by atoms with van der Waals surface area (Å²) in [6.07, 6.45) is 5.90. The van der Waals surface area contributed by atoms with Gasteiger partial charge in [-0.05, 0) is 88.3 Å². The molecule has 4 aromatic rings. The summed E-state index contributed by atoms with van der Waals surface area (Å²) in [7, 11) is 0. The summed E-state index contributed by atoms with van der Waals surface area (Å²) >= 11 is 0. The number of anilines is 1. The fourth-order valence-electron chi connectivity index (χ4n) is 7.00. The summed E-state index contributed by atoms with van der Waals surface area (Å²) in [6, 6.07) is 18.5. The summed E-state index contributed by atoms with van der Waals surface area (Å²) in [4.78, 5) is 25.7. The van der Waals surface area contributed by atoms with E-state index in [0.29, 0.717) is 17.3 Å². The van der Waals surface area contributed by atoms with E-state index in [1.165, 1.54) is 19.2 Å². The van der Waals surface area contributed by atoms with Crippen LogP contribution in [0.3, 0.4) is 0 Å². The fourth-order valence-corrected chi connectivity index (χ4v) is 7.00. The molecule has 0 bridgehead atoms. The maximum atomic E-state index is 12.4.